The Labute approximate surface area is 164 Å². The van der Waals surface area contributed by atoms with Gasteiger partial charge in [-0.25, -0.2) is 4.79 Å². The minimum Gasteiger partial charge on any atom is -0.491 e. The lowest BCUT2D eigenvalue weighted by molar-refractivity contribution is 0.0697. The van der Waals surface area contributed by atoms with Gasteiger partial charge in [-0.15, -0.1) is 0 Å². The van der Waals surface area contributed by atoms with Crippen molar-refractivity contribution in [2.45, 2.75) is 19.8 Å². The highest BCUT2D eigenvalue weighted by Crippen LogP contribution is 2.31. The molecule has 1 heterocycles. The number of ether oxygens (including phenoxy) is 1. The number of carboxylic acid groups (broad SMARTS) is 1. The molecule has 1 aliphatic rings. The molecule has 0 aromatic heterocycles. The SMILES string of the molecule is Cc1cc(/C=C/c2cccc(C(=O)O)c2)cc(Cl)c1OCC1CCCNC1. The van der Waals surface area contributed by atoms with Crippen LogP contribution >= 0.6 is 11.6 Å². The van der Waals surface area contributed by atoms with Gasteiger partial charge in [0.25, 0.3) is 0 Å². The van der Waals surface area contributed by atoms with E-state index in [0.717, 1.165) is 35.5 Å². The van der Waals surface area contributed by atoms with Crippen molar-refractivity contribution in [1.82, 2.24) is 5.32 Å². The highest BCUT2D eigenvalue weighted by molar-refractivity contribution is 6.32. The van der Waals surface area contributed by atoms with Crippen LogP contribution in [0, 0.1) is 12.8 Å². The Kier molecular flexibility index (Phi) is 6.54. The van der Waals surface area contributed by atoms with Gasteiger partial charge in [0.05, 0.1) is 17.2 Å². The van der Waals surface area contributed by atoms with Crippen LogP contribution in [-0.2, 0) is 0 Å². The molecule has 5 heteroatoms. The lowest BCUT2D eigenvalue weighted by Crippen LogP contribution is -2.33. The molecule has 142 valence electrons. The number of hydrogen-bond acceptors (Lipinski definition) is 3. The van der Waals surface area contributed by atoms with E-state index >= 15 is 0 Å². The van der Waals surface area contributed by atoms with Crippen molar-refractivity contribution in [1.29, 1.82) is 0 Å². The molecule has 0 bridgehead atoms. The van der Waals surface area contributed by atoms with Gasteiger partial charge in [-0.3, -0.25) is 0 Å². The largest absolute Gasteiger partial charge is 0.491 e. The summed E-state index contributed by atoms with van der Waals surface area (Å²) in [5.41, 5.74) is 3.04. The fourth-order valence-electron chi connectivity index (χ4n) is 3.27. The topological polar surface area (TPSA) is 58.6 Å². The molecule has 2 N–H and O–H groups in total. The van der Waals surface area contributed by atoms with Crippen LogP contribution in [0.5, 0.6) is 5.75 Å². The van der Waals surface area contributed by atoms with Gasteiger partial charge in [-0.2, -0.15) is 0 Å². The molecule has 27 heavy (non-hydrogen) atoms. The van der Waals surface area contributed by atoms with E-state index in [9.17, 15) is 4.79 Å². The van der Waals surface area contributed by atoms with Crippen LogP contribution in [0.4, 0.5) is 0 Å². The third kappa shape index (κ3) is 5.34. The standard InChI is InChI=1S/C22H24ClNO3/c1-15-10-17(8-7-16-4-2-6-19(11-16)22(25)26)12-20(23)21(15)27-14-18-5-3-9-24-13-18/h2,4,6-8,10-12,18,24H,3,5,9,13-14H2,1H3,(H,25,26)/b8-7+. The van der Waals surface area contributed by atoms with E-state index in [4.69, 9.17) is 21.4 Å². The average molecular weight is 386 g/mol. The van der Waals surface area contributed by atoms with Crippen LogP contribution in [0.2, 0.25) is 5.02 Å². The smallest absolute Gasteiger partial charge is 0.335 e. The second kappa shape index (κ2) is 9.07. The predicted octanol–water partition coefficient (Wildman–Crippen LogP) is 4.90. The fourth-order valence-corrected chi connectivity index (χ4v) is 3.60. The third-order valence-corrected chi connectivity index (χ3v) is 5.00. The maximum Gasteiger partial charge on any atom is 0.335 e. The summed E-state index contributed by atoms with van der Waals surface area (Å²) in [4.78, 5) is 11.1. The number of nitrogens with one attached hydrogen (secondary N) is 1. The molecule has 1 aliphatic heterocycles. The van der Waals surface area contributed by atoms with E-state index < -0.39 is 5.97 Å². The first-order valence-corrected chi connectivity index (χ1v) is 9.56. The number of aryl methyl sites for hydroxylation is 1. The van der Waals surface area contributed by atoms with Crippen LogP contribution in [-0.4, -0.2) is 30.8 Å². The summed E-state index contributed by atoms with van der Waals surface area (Å²) in [5.74, 6) is 0.335. The summed E-state index contributed by atoms with van der Waals surface area (Å²) in [6.45, 7) is 4.74. The van der Waals surface area contributed by atoms with Crippen molar-refractivity contribution in [2.75, 3.05) is 19.7 Å². The van der Waals surface area contributed by atoms with Crippen molar-refractivity contribution in [3.8, 4) is 5.75 Å². The molecule has 1 saturated heterocycles. The number of rotatable bonds is 6. The number of carboxylic acids is 1. The molecule has 0 amide bonds. The predicted molar refractivity (Wildman–Crippen MR) is 110 cm³/mol. The normalized spacial score (nSPS) is 17.2. The van der Waals surface area contributed by atoms with Crippen LogP contribution in [0.3, 0.4) is 0 Å². The minimum atomic E-state index is -0.932. The van der Waals surface area contributed by atoms with E-state index in [2.05, 4.69) is 5.32 Å². The molecule has 1 fully saturated rings. The van der Waals surface area contributed by atoms with Crippen LogP contribution < -0.4 is 10.1 Å². The van der Waals surface area contributed by atoms with Gasteiger partial charge in [-0.1, -0.05) is 35.9 Å². The summed E-state index contributed by atoms with van der Waals surface area (Å²) in [6, 6.07) is 10.7. The zero-order valence-electron chi connectivity index (χ0n) is 15.4. The molecule has 2 aromatic rings. The number of carbonyl (C=O) groups is 1. The molecule has 1 atom stereocenters. The Morgan fingerprint density at radius 3 is 2.81 bits per heavy atom. The van der Waals surface area contributed by atoms with Crippen molar-refractivity contribution in [2.24, 2.45) is 5.92 Å². The second-order valence-corrected chi connectivity index (χ2v) is 7.34. The number of benzene rings is 2. The maximum atomic E-state index is 11.1. The van der Waals surface area contributed by atoms with Crippen LogP contribution in [0.1, 0.15) is 39.9 Å². The number of halogens is 1. The van der Waals surface area contributed by atoms with Crippen molar-refractivity contribution in [3.05, 3.63) is 63.7 Å². The molecule has 0 saturated carbocycles. The fraction of sp³-hybridized carbons (Fsp3) is 0.318. The summed E-state index contributed by atoms with van der Waals surface area (Å²) in [5, 5.41) is 13.1. The van der Waals surface area contributed by atoms with E-state index in [1.165, 1.54) is 12.8 Å². The minimum absolute atomic E-state index is 0.271. The molecular formula is C22H24ClNO3. The summed E-state index contributed by atoms with van der Waals surface area (Å²) in [7, 11) is 0. The Bertz CT molecular complexity index is 818. The number of hydrogen-bond donors (Lipinski definition) is 2. The van der Waals surface area contributed by atoms with Crippen LogP contribution in [0.25, 0.3) is 12.2 Å². The summed E-state index contributed by atoms with van der Waals surface area (Å²) in [6.07, 6.45) is 6.17. The lowest BCUT2D eigenvalue weighted by atomic mass is 10.0. The molecule has 4 nitrogen and oxygen atoms in total. The van der Waals surface area contributed by atoms with Crippen LogP contribution in [0.15, 0.2) is 36.4 Å². The zero-order chi connectivity index (χ0) is 19.2. The van der Waals surface area contributed by atoms with Gasteiger partial charge in [0, 0.05) is 12.5 Å². The van der Waals surface area contributed by atoms with E-state index in [1.807, 2.05) is 37.3 Å². The highest BCUT2D eigenvalue weighted by Gasteiger charge is 2.15. The van der Waals surface area contributed by atoms with Gasteiger partial charge >= 0.3 is 5.97 Å². The van der Waals surface area contributed by atoms with E-state index in [-0.39, 0.29) is 5.56 Å². The first kappa shape index (κ1) is 19.5. The van der Waals surface area contributed by atoms with Gasteiger partial charge in [0.2, 0.25) is 0 Å². The number of piperidine rings is 1. The van der Waals surface area contributed by atoms with Gasteiger partial charge < -0.3 is 15.2 Å². The quantitative estimate of drug-likeness (QED) is 0.694. The molecule has 0 aliphatic carbocycles. The zero-order valence-corrected chi connectivity index (χ0v) is 16.1. The average Bonchev–Trinajstić information content (AvgIpc) is 2.67. The Morgan fingerprint density at radius 2 is 2.11 bits per heavy atom. The second-order valence-electron chi connectivity index (χ2n) is 6.94. The lowest BCUT2D eigenvalue weighted by Gasteiger charge is -2.23. The Hall–Kier alpha value is -2.30. The summed E-state index contributed by atoms with van der Waals surface area (Å²) < 4.78 is 6.01. The van der Waals surface area contributed by atoms with E-state index in [1.54, 1.807) is 18.2 Å². The Balaban J connectivity index is 1.70. The molecule has 0 spiro atoms. The first-order valence-electron chi connectivity index (χ1n) is 9.18. The van der Waals surface area contributed by atoms with Crippen molar-refractivity contribution in [3.63, 3.8) is 0 Å². The monoisotopic (exact) mass is 385 g/mol. The molecule has 3 rings (SSSR count). The molecule has 0 radical (unpaired) electrons. The maximum absolute atomic E-state index is 11.1. The van der Waals surface area contributed by atoms with Gasteiger partial charge in [0.1, 0.15) is 5.75 Å². The number of aromatic carboxylic acids is 1. The van der Waals surface area contributed by atoms with Gasteiger partial charge in [0.15, 0.2) is 0 Å². The van der Waals surface area contributed by atoms with Crippen molar-refractivity contribution < 1.29 is 14.6 Å². The van der Waals surface area contributed by atoms with Gasteiger partial charge in [-0.05, 0) is 67.3 Å². The molecule has 2 aromatic carbocycles. The highest BCUT2D eigenvalue weighted by atomic mass is 35.5. The third-order valence-electron chi connectivity index (χ3n) is 4.72. The molecule has 1 unspecified atom stereocenters. The summed E-state index contributed by atoms with van der Waals surface area (Å²) >= 11 is 6.45. The van der Waals surface area contributed by atoms with E-state index in [0.29, 0.717) is 17.5 Å². The first-order chi connectivity index (χ1) is 13.0. The Morgan fingerprint density at radius 1 is 1.30 bits per heavy atom. The van der Waals surface area contributed by atoms with Crippen molar-refractivity contribution >= 4 is 29.7 Å². The molecular weight excluding hydrogens is 362 g/mol.